The molecule has 0 radical (unpaired) electrons. The van der Waals surface area contributed by atoms with Crippen molar-refractivity contribution in [3.8, 4) is 6.07 Å². The van der Waals surface area contributed by atoms with Gasteiger partial charge < -0.3 is 9.64 Å². The number of rotatable bonds is 4. The number of nitriles is 1. The largest absolute Gasteiger partial charge is 0.381 e. The molecule has 0 saturated carbocycles. The molecule has 2 heterocycles. The van der Waals surface area contributed by atoms with Crippen LogP contribution < -0.4 is 4.90 Å². The zero-order valence-electron chi connectivity index (χ0n) is 12.5. The summed E-state index contributed by atoms with van der Waals surface area (Å²) >= 11 is 0. The summed E-state index contributed by atoms with van der Waals surface area (Å²) in [4.78, 5) is 2.10. The Morgan fingerprint density at radius 2 is 1.95 bits per heavy atom. The van der Waals surface area contributed by atoms with Crippen molar-refractivity contribution in [2.45, 2.75) is 45.6 Å². The summed E-state index contributed by atoms with van der Waals surface area (Å²) < 4.78 is 5.40. The average Bonchev–Trinajstić information content (AvgIpc) is 2.53. The molecule has 1 aliphatic heterocycles. The lowest BCUT2D eigenvalue weighted by atomic mass is 10.0. The first kappa shape index (κ1) is 14.7. The monoisotopic (exact) mass is 274 g/mol. The van der Waals surface area contributed by atoms with Gasteiger partial charge in [-0.1, -0.05) is 13.8 Å². The van der Waals surface area contributed by atoms with Crippen LogP contribution >= 0.6 is 0 Å². The lowest BCUT2D eigenvalue weighted by molar-refractivity contribution is 0.0853. The van der Waals surface area contributed by atoms with Crippen LogP contribution in [-0.4, -0.2) is 36.5 Å². The van der Waals surface area contributed by atoms with E-state index in [0.717, 1.165) is 50.2 Å². The van der Waals surface area contributed by atoms with E-state index >= 15 is 0 Å². The quantitative estimate of drug-likeness (QED) is 0.841. The Kier molecular flexibility index (Phi) is 4.91. The molecule has 20 heavy (non-hydrogen) atoms. The molecule has 0 aromatic carbocycles. The van der Waals surface area contributed by atoms with Crippen molar-refractivity contribution in [2.75, 3.05) is 25.2 Å². The average molecular weight is 274 g/mol. The maximum absolute atomic E-state index is 9.53. The first-order valence-electron chi connectivity index (χ1n) is 7.32. The minimum Gasteiger partial charge on any atom is -0.381 e. The Bertz CT molecular complexity index is 503. The fourth-order valence-electron chi connectivity index (χ4n) is 2.77. The fourth-order valence-corrected chi connectivity index (χ4v) is 2.77. The van der Waals surface area contributed by atoms with Gasteiger partial charge >= 0.3 is 0 Å². The van der Waals surface area contributed by atoms with E-state index in [1.54, 1.807) is 0 Å². The Morgan fingerprint density at radius 1 is 1.25 bits per heavy atom. The van der Waals surface area contributed by atoms with Gasteiger partial charge in [0.1, 0.15) is 11.6 Å². The van der Waals surface area contributed by atoms with E-state index in [4.69, 9.17) is 4.74 Å². The molecule has 0 unspecified atom stereocenters. The van der Waals surface area contributed by atoms with Gasteiger partial charge in [-0.15, -0.1) is 5.10 Å². The smallest absolute Gasteiger partial charge is 0.169 e. The van der Waals surface area contributed by atoms with Crippen molar-refractivity contribution >= 4 is 5.82 Å². The highest BCUT2D eigenvalue weighted by Gasteiger charge is 2.24. The Hall–Kier alpha value is -1.67. The van der Waals surface area contributed by atoms with Crippen molar-refractivity contribution < 1.29 is 4.74 Å². The second-order valence-electron chi connectivity index (χ2n) is 5.10. The highest BCUT2D eigenvalue weighted by atomic mass is 16.5. The van der Waals surface area contributed by atoms with Crippen molar-refractivity contribution in [1.82, 2.24) is 10.2 Å². The van der Waals surface area contributed by atoms with Gasteiger partial charge in [-0.3, -0.25) is 0 Å². The van der Waals surface area contributed by atoms with Crippen LogP contribution in [0.2, 0.25) is 0 Å². The van der Waals surface area contributed by atoms with Gasteiger partial charge in [0.25, 0.3) is 0 Å². The standard InChI is InChI=1S/C15H22N4O/c1-4-12-13(10-16)15(18-17-14(12)5-2)19(3)11-6-8-20-9-7-11/h11H,4-9H2,1-3H3. The number of aryl methyl sites for hydroxylation is 1. The van der Waals surface area contributed by atoms with Crippen LogP contribution in [0.25, 0.3) is 0 Å². The van der Waals surface area contributed by atoms with Gasteiger partial charge in [0, 0.05) is 26.3 Å². The predicted octanol–water partition coefficient (Wildman–Crippen LogP) is 2.09. The van der Waals surface area contributed by atoms with Crippen molar-refractivity contribution in [1.29, 1.82) is 5.26 Å². The first-order valence-corrected chi connectivity index (χ1v) is 7.32. The van der Waals surface area contributed by atoms with Gasteiger partial charge in [0.2, 0.25) is 0 Å². The summed E-state index contributed by atoms with van der Waals surface area (Å²) in [6, 6.07) is 2.71. The van der Waals surface area contributed by atoms with Gasteiger partial charge in [-0.2, -0.15) is 10.4 Å². The normalized spacial score (nSPS) is 15.9. The van der Waals surface area contributed by atoms with E-state index in [1.165, 1.54) is 0 Å². The summed E-state index contributed by atoms with van der Waals surface area (Å²) in [5.41, 5.74) is 2.67. The maximum atomic E-state index is 9.53. The van der Waals surface area contributed by atoms with Crippen molar-refractivity contribution in [2.24, 2.45) is 0 Å². The number of nitrogens with zero attached hydrogens (tertiary/aromatic N) is 4. The molecular formula is C15H22N4O. The van der Waals surface area contributed by atoms with E-state index in [-0.39, 0.29) is 0 Å². The predicted molar refractivity (Wildman–Crippen MR) is 77.7 cm³/mol. The maximum Gasteiger partial charge on any atom is 0.169 e. The molecule has 0 aliphatic carbocycles. The van der Waals surface area contributed by atoms with Crippen LogP contribution in [-0.2, 0) is 17.6 Å². The van der Waals surface area contributed by atoms with Gasteiger partial charge in [0.15, 0.2) is 5.82 Å². The van der Waals surface area contributed by atoms with Crippen LogP contribution in [0.1, 0.15) is 43.5 Å². The summed E-state index contributed by atoms with van der Waals surface area (Å²) in [6.07, 6.45) is 3.57. The highest BCUT2D eigenvalue weighted by Crippen LogP contribution is 2.26. The highest BCUT2D eigenvalue weighted by molar-refractivity contribution is 5.58. The molecule has 5 nitrogen and oxygen atoms in total. The summed E-state index contributed by atoms with van der Waals surface area (Å²) in [5.74, 6) is 0.716. The lowest BCUT2D eigenvalue weighted by Gasteiger charge is -2.32. The van der Waals surface area contributed by atoms with Crippen molar-refractivity contribution in [3.05, 3.63) is 16.8 Å². The third-order valence-corrected chi connectivity index (χ3v) is 4.01. The number of aromatic nitrogens is 2. The number of anilines is 1. The minimum atomic E-state index is 0.377. The number of hydrogen-bond acceptors (Lipinski definition) is 5. The lowest BCUT2D eigenvalue weighted by Crippen LogP contribution is -2.38. The van der Waals surface area contributed by atoms with Crippen LogP contribution in [0, 0.1) is 11.3 Å². The third kappa shape index (κ3) is 2.75. The Morgan fingerprint density at radius 3 is 2.50 bits per heavy atom. The van der Waals surface area contributed by atoms with E-state index < -0.39 is 0 Å². The van der Waals surface area contributed by atoms with Crippen LogP contribution in [0.5, 0.6) is 0 Å². The molecular weight excluding hydrogens is 252 g/mol. The second kappa shape index (κ2) is 6.67. The van der Waals surface area contributed by atoms with Crippen LogP contribution in [0.4, 0.5) is 5.82 Å². The van der Waals surface area contributed by atoms with Gasteiger partial charge in [-0.25, -0.2) is 0 Å². The SMILES string of the molecule is CCc1nnc(N(C)C2CCOCC2)c(C#N)c1CC. The third-order valence-electron chi connectivity index (χ3n) is 4.01. The summed E-state index contributed by atoms with van der Waals surface area (Å²) in [5, 5.41) is 18.2. The topological polar surface area (TPSA) is 62.0 Å². The summed E-state index contributed by atoms with van der Waals surface area (Å²) in [6.45, 7) is 5.66. The van der Waals surface area contributed by atoms with Gasteiger partial charge in [0.05, 0.1) is 5.69 Å². The molecule has 0 N–H and O–H groups in total. The Balaban J connectivity index is 2.38. The molecule has 1 saturated heterocycles. The van der Waals surface area contributed by atoms with E-state index in [9.17, 15) is 5.26 Å². The molecule has 0 spiro atoms. The molecule has 0 bridgehead atoms. The first-order chi connectivity index (χ1) is 9.72. The molecule has 0 amide bonds. The van der Waals surface area contributed by atoms with Crippen LogP contribution in [0.3, 0.4) is 0 Å². The zero-order chi connectivity index (χ0) is 14.5. The van der Waals surface area contributed by atoms with Crippen molar-refractivity contribution in [3.63, 3.8) is 0 Å². The molecule has 5 heteroatoms. The molecule has 1 aromatic heterocycles. The van der Waals surface area contributed by atoms with E-state index in [0.29, 0.717) is 17.4 Å². The molecule has 0 atom stereocenters. The number of ether oxygens (including phenoxy) is 1. The molecule has 2 rings (SSSR count). The second-order valence-corrected chi connectivity index (χ2v) is 5.10. The summed E-state index contributed by atoms with van der Waals surface area (Å²) in [7, 11) is 2.01. The van der Waals surface area contributed by atoms with Gasteiger partial charge in [-0.05, 0) is 31.2 Å². The molecule has 1 aliphatic rings. The van der Waals surface area contributed by atoms with Crippen LogP contribution in [0.15, 0.2) is 0 Å². The molecule has 1 fully saturated rings. The number of hydrogen-bond donors (Lipinski definition) is 0. The fraction of sp³-hybridized carbons (Fsp3) is 0.667. The zero-order valence-corrected chi connectivity index (χ0v) is 12.5. The molecule has 1 aromatic rings. The Labute approximate surface area is 120 Å². The van der Waals surface area contributed by atoms with E-state index in [1.807, 2.05) is 14.0 Å². The van der Waals surface area contributed by atoms with E-state index in [2.05, 4.69) is 28.1 Å². The molecule has 108 valence electrons. The minimum absolute atomic E-state index is 0.377.